The topological polar surface area (TPSA) is 64.4 Å². The Bertz CT molecular complexity index is 448. The van der Waals surface area contributed by atoms with E-state index in [0.29, 0.717) is 17.1 Å². The van der Waals surface area contributed by atoms with E-state index in [4.69, 9.17) is 4.74 Å². The van der Waals surface area contributed by atoms with Crippen LogP contribution in [0.1, 0.15) is 19.8 Å². The molecule has 1 aliphatic heterocycles. The van der Waals surface area contributed by atoms with Crippen molar-refractivity contribution in [1.29, 1.82) is 0 Å². The summed E-state index contributed by atoms with van der Waals surface area (Å²) in [7, 11) is 0. The molecular weight excluding hydrogens is 264 g/mol. The fourth-order valence-electron chi connectivity index (χ4n) is 2.12. The van der Waals surface area contributed by atoms with Gasteiger partial charge in [-0.3, -0.25) is 10.1 Å². The van der Waals surface area contributed by atoms with Crippen LogP contribution in [0, 0.1) is 10.1 Å². The van der Waals surface area contributed by atoms with Crippen LogP contribution in [0.15, 0.2) is 23.1 Å². The highest BCUT2D eigenvalue weighted by Crippen LogP contribution is 2.36. The third-order valence-electron chi connectivity index (χ3n) is 3.00. The van der Waals surface area contributed by atoms with Gasteiger partial charge in [-0.15, -0.1) is 11.8 Å². The molecule has 1 heterocycles. The van der Waals surface area contributed by atoms with Gasteiger partial charge in [-0.1, -0.05) is 6.07 Å². The summed E-state index contributed by atoms with van der Waals surface area (Å²) in [5.74, 6) is 0.774. The molecule has 1 aromatic carbocycles. The Morgan fingerprint density at radius 2 is 2.42 bits per heavy atom. The molecule has 1 unspecified atom stereocenters. The van der Waals surface area contributed by atoms with Crippen molar-refractivity contribution < 1.29 is 9.66 Å². The molecule has 5 nitrogen and oxygen atoms in total. The highest BCUT2D eigenvalue weighted by molar-refractivity contribution is 7.99. The Hall–Kier alpha value is -1.27. The predicted molar refractivity (Wildman–Crippen MR) is 77.0 cm³/mol. The number of hydrogen-bond donors (Lipinski definition) is 1. The summed E-state index contributed by atoms with van der Waals surface area (Å²) in [6.07, 6.45) is 2.37. The molecule has 0 spiro atoms. The van der Waals surface area contributed by atoms with Gasteiger partial charge < -0.3 is 10.1 Å². The lowest BCUT2D eigenvalue weighted by Crippen LogP contribution is -2.08. The summed E-state index contributed by atoms with van der Waals surface area (Å²) in [6, 6.07) is 5.40. The third-order valence-corrected chi connectivity index (χ3v) is 4.18. The molecule has 0 aromatic heterocycles. The lowest BCUT2D eigenvalue weighted by atomic mass is 10.2. The maximum Gasteiger partial charge on any atom is 0.305 e. The quantitative estimate of drug-likeness (QED) is 0.492. The van der Waals surface area contributed by atoms with Crippen molar-refractivity contribution in [2.75, 3.05) is 24.2 Å². The van der Waals surface area contributed by atoms with Gasteiger partial charge in [0.05, 0.1) is 15.9 Å². The Labute approximate surface area is 116 Å². The van der Waals surface area contributed by atoms with Crippen LogP contribution >= 0.6 is 11.8 Å². The van der Waals surface area contributed by atoms with Crippen LogP contribution in [0.5, 0.6) is 0 Å². The fourth-order valence-corrected chi connectivity index (χ4v) is 3.24. The van der Waals surface area contributed by atoms with Crippen LogP contribution in [-0.4, -0.2) is 29.9 Å². The van der Waals surface area contributed by atoms with Crippen molar-refractivity contribution in [3.05, 3.63) is 28.3 Å². The number of benzene rings is 1. The Balaban J connectivity index is 2.13. The largest absolute Gasteiger partial charge is 0.380 e. The van der Waals surface area contributed by atoms with Gasteiger partial charge in [-0.05, 0) is 31.9 Å². The van der Waals surface area contributed by atoms with Crippen molar-refractivity contribution in [2.45, 2.75) is 30.8 Å². The number of hydrogen-bond acceptors (Lipinski definition) is 5. The van der Waals surface area contributed by atoms with E-state index in [2.05, 4.69) is 5.32 Å². The first-order valence-corrected chi connectivity index (χ1v) is 7.46. The second-order valence-electron chi connectivity index (χ2n) is 4.39. The highest BCUT2D eigenvalue weighted by atomic mass is 32.2. The number of nitro benzene ring substituents is 1. The van der Waals surface area contributed by atoms with Crippen molar-refractivity contribution in [1.82, 2.24) is 0 Å². The molecule has 0 radical (unpaired) electrons. The zero-order valence-electron chi connectivity index (χ0n) is 10.9. The fraction of sp³-hybridized carbons (Fsp3) is 0.538. The zero-order chi connectivity index (χ0) is 13.7. The SMILES string of the molecule is CCNc1cccc(SCC2CCCO2)c1[N+](=O)[O-]. The van der Waals surface area contributed by atoms with Crippen molar-refractivity contribution in [3.8, 4) is 0 Å². The number of thioether (sulfide) groups is 1. The smallest absolute Gasteiger partial charge is 0.305 e. The van der Waals surface area contributed by atoms with Crippen LogP contribution in [0.25, 0.3) is 0 Å². The van der Waals surface area contributed by atoms with Gasteiger partial charge in [0.15, 0.2) is 0 Å². The second kappa shape index (κ2) is 6.77. The number of anilines is 1. The van der Waals surface area contributed by atoms with Gasteiger partial charge >= 0.3 is 5.69 Å². The van der Waals surface area contributed by atoms with Gasteiger partial charge in [0.1, 0.15) is 5.69 Å². The van der Waals surface area contributed by atoms with E-state index in [9.17, 15) is 10.1 Å². The van der Waals surface area contributed by atoms with E-state index in [1.807, 2.05) is 13.0 Å². The summed E-state index contributed by atoms with van der Waals surface area (Å²) >= 11 is 1.51. The molecule has 0 aliphatic carbocycles. The Kier molecular flexibility index (Phi) is 5.04. The standard InChI is InChI=1S/C13H18N2O3S/c1-2-14-11-6-3-7-12(13(11)15(16)17)19-9-10-5-4-8-18-10/h3,6-7,10,14H,2,4-5,8-9H2,1H3. The first-order chi connectivity index (χ1) is 9.22. The van der Waals surface area contributed by atoms with Crippen molar-refractivity contribution in [2.24, 2.45) is 0 Å². The number of ether oxygens (including phenoxy) is 1. The van der Waals surface area contributed by atoms with Gasteiger partial charge in [0.2, 0.25) is 0 Å². The molecule has 0 amide bonds. The van der Waals surface area contributed by atoms with Gasteiger partial charge in [-0.2, -0.15) is 0 Å². The first-order valence-electron chi connectivity index (χ1n) is 6.48. The van der Waals surface area contributed by atoms with Crippen LogP contribution < -0.4 is 5.32 Å². The number of nitro groups is 1. The highest BCUT2D eigenvalue weighted by Gasteiger charge is 2.22. The Morgan fingerprint density at radius 3 is 3.05 bits per heavy atom. The summed E-state index contributed by atoms with van der Waals surface area (Å²) < 4.78 is 5.55. The monoisotopic (exact) mass is 282 g/mol. The molecule has 0 bridgehead atoms. The Morgan fingerprint density at radius 1 is 1.58 bits per heavy atom. The van der Waals surface area contributed by atoms with Crippen LogP contribution in [-0.2, 0) is 4.74 Å². The minimum atomic E-state index is -0.310. The molecule has 104 valence electrons. The van der Waals surface area contributed by atoms with Crippen LogP contribution in [0.3, 0.4) is 0 Å². The van der Waals surface area contributed by atoms with E-state index in [0.717, 1.165) is 25.2 Å². The average Bonchev–Trinajstić information content (AvgIpc) is 2.89. The van der Waals surface area contributed by atoms with Gasteiger partial charge in [-0.25, -0.2) is 0 Å². The van der Waals surface area contributed by atoms with Crippen LogP contribution in [0.2, 0.25) is 0 Å². The molecule has 19 heavy (non-hydrogen) atoms. The molecule has 0 saturated carbocycles. The minimum absolute atomic E-state index is 0.173. The molecule has 1 aromatic rings. The molecule has 1 fully saturated rings. The summed E-state index contributed by atoms with van der Waals surface area (Å²) in [6.45, 7) is 3.40. The molecule has 1 saturated heterocycles. The molecule has 1 aliphatic rings. The molecule has 2 rings (SSSR count). The maximum absolute atomic E-state index is 11.2. The van der Waals surface area contributed by atoms with Crippen molar-refractivity contribution >= 4 is 23.1 Å². The molecular formula is C13H18N2O3S. The normalized spacial score (nSPS) is 18.5. The summed E-state index contributed by atoms with van der Waals surface area (Å²) in [5, 5.41) is 14.3. The van der Waals surface area contributed by atoms with E-state index in [1.165, 1.54) is 11.8 Å². The lowest BCUT2D eigenvalue weighted by molar-refractivity contribution is -0.386. The lowest BCUT2D eigenvalue weighted by Gasteiger charge is -2.11. The second-order valence-corrected chi connectivity index (χ2v) is 5.45. The number of para-hydroxylation sites is 1. The molecule has 1 N–H and O–H groups in total. The number of nitrogens with one attached hydrogen (secondary N) is 1. The number of rotatable bonds is 6. The zero-order valence-corrected chi connectivity index (χ0v) is 11.7. The van der Waals surface area contributed by atoms with Gasteiger partial charge in [0.25, 0.3) is 0 Å². The minimum Gasteiger partial charge on any atom is -0.380 e. The summed E-state index contributed by atoms with van der Waals surface area (Å²) in [5.41, 5.74) is 0.761. The summed E-state index contributed by atoms with van der Waals surface area (Å²) in [4.78, 5) is 11.6. The van der Waals surface area contributed by atoms with E-state index >= 15 is 0 Å². The average molecular weight is 282 g/mol. The van der Waals surface area contributed by atoms with Crippen molar-refractivity contribution in [3.63, 3.8) is 0 Å². The van der Waals surface area contributed by atoms with Gasteiger partial charge in [0, 0.05) is 18.9 Å². The maximum atomic E-state index is 11.2. The third kappa shape index (κ3) is 3.61. The van der Waals surface area contributed by atoms with E-state index in [1.54, 1.807) is 12.1 Å². The first kappa shape index (κ1) is 14.1. The van der Waals surface area contributed by atoms with Crippen LogP contribution in [0.4, 0.5) is 11.4 Å². The number of nitrogens with zero attached hydrogens (tertiary/aromatic N) is 1. The molecule has 6 heteroatoms. The van der Waals surface area contributed by atoms with E-state index < -0.39 is 0 Å². The predicted octanol–water partition coefficient (Wildman–Crippen LogP) is 3.30. The van der Waals surface area contributed by atoms with E-state index in [-0.39, 0.29) is 16.7 Å². The molecule has 1 atom stereocenters.